The van der Waals surface area contributed by atoms with Crippen LogP contribution in [0.2, 0.25) is 0 Å². The first kappa shape index (κ1) is 103. The van der Waals surface area contributed by atoms with Crippen molar-refractivity contribution in [2.75, 3.05) is 13.8 Å². The van der Waals surface area contributed by atoms with Crippen molar-refractivity contribution in [2.24, 2.45) is 21.7 Å². The van der Waals surface area contributed by atoms with E-state index in [1.54, 1.807) is 58.7 Å². The number of alkyl halides is 3. The zero-order valence-corrected chi connectivity index (χ0v) is 91.5. The first-order valence-corrected chi connectivity index (χ1v) is 62.3. The van der Waals surface area contributed by atoms with E-state index >= 15 is 0 Å². The van der Waals surface area contributed by atoms with Gasteiger partial charge in [-0.3, -0.25) is 0 Å². The molecule has 0 aliphatic carbocycles. The van der Waals surface area contributed by atoms with E-state index in [1.807, 2.05) is 42.5 Å². The van der Waals surface area contributed by atoms with Gasteiger partial charge in [0.2, 0.25) is 0 Å². The maximum atomic E-state index is 9.78. The average Bonchev–Trinajstić information content (AvgIpc) is 0.853. The van der Waals surface area contributed by atoms with Gasteiger partial charge in [-0.05, 0) is 0 Å². The summed E-state index contributed by atoms with van der Waals surface area (Å²) >= 11 is 0.0610. The molecule has 13 aromatic carbocycles. The molecule has 0 saturated carbocycles. The van der Waals surface area contributed by atoms with E-state index in [-0.39, 0.29) is 170 Å². The standard InChI is InChI=1S/C25H28I2.C19H24IO2.C18H14I2.C13H20I.C12H10IO2.C12H10I.C8H18I/c1-25(2,3)18-10-12-20-11-7-8-17-24(20)27-23-16-9-15-22(19-23)26-21-13-5-4-6-14-21;1-19(2,3)12-4-5-14-13-17(22)10-11-18(14)20-15-6-8-16(21)9-7-15;1-3-8-15(9-4-1)19-17-12-7-13-18(14-17)20-16-10-5-2-6-11-16;1-13(2,3)10-7-11-14-12-8-5-4-6-9-12;14-11-5-1-9(2-6-11)13-10-3-7-12(15)8-4-10;1-3-7-11(8-4-1)13-12-9-5-2-6-10-12;1-8(2,3)6-5-7-9-4/h4-9,11,13-17,19H,10,12,18H2,1-3H3;6-11,13,21-22H,4-5,12H2,1-3H3;1-14H;4-6,8-9H,7,10-11H2,1-3H3;1-8,14-15H;1-10H;5-7H2,1-4H3/q-2;-1;-2;4*-1. The molecule has 13 rings (SSSR count). The van der Waals surface area contributed by atoms with Crippen LogP contribution >= 0.6 is 0 Å². The first-order valence-electron chi connectivity index (χ1n) is 40.9. The van der Waals surface area contributed by atoms with Gasteiger partial charge in [0.05, 0.1) is 0 Å². The van der Waals surface area contributed by atoms with Gasteiger partial charge in [-0.15, -0.1) is 0 Å². The van der Waals surface area contributed by atoms with E-state index < -0.39 is 0 Å². The predicted octanol–water partition coefficient (Wildman–Crippen LogP) is -0.805. The third-order valence-electron chi connectivity index (χ3n) is 17.3. The summed E-state index contributed by atoms with van der Waals surface area (Å²) in [6.45, 7) is 27.8. The fourth-order valence-corrected chi connectivity index (χ4v) is 32.6. The van der Waals surface area contributed by atoms with Crippen molar-refractivity contribution in [3.8, 4) is 23.0 Å². The number of phenols is 4. The predicted molar refractivity (Wildman–Crippen MR) is 469 cm³/mol. The van der Waals surface area contributed by atoms with Crippen molar-refractivity contribution in [3.63, 3.8) is 0 Å². The molecule has 0 saturated heterocycles. The number of rotatable bonds is 27. The van der Waals surface area contributed by atoms with Gasteiger partial charge in [0.1, 0.15) is 0 Å². The molecule has 0 aliphatic rings. The van der Waals surface area contributed by atoms with Crippen LogP contribution in [0.15, 0.2) is 346 Å². The molecule has 0 aromatic heterocycles. The van der Waals surface area contributed by atoms with Crippen molar-refractivity contribution in [1.29, 1.82) is 0 Å². The number of aromatic hydroxyl groups is 4. The summed E-state index contributed by atoms with van der Waals surface area (Å²) in [5.74, 6) is 1.26. The molecule has 0 amide bonds. The number of halogens is 9. The number of benzene rings is 13. The monoisotopic (exact) mass is 2620 g/mol. The average molecular weight is 2620 g/mol. The molecule has 0 fully saturated rings. The van der Waals surface area contributed by atoms with Crippen LogP contribution in [0.4, 0.5) is 0 Å². The Bertz CT molecular complexity index is 4740. The van der Waals surface area contributed by atoms with Crippen LogP contribution in [-0.2, 0) is 12.8 Å². The maximum absolute atomic E-state index is 9.78. The molecule has 4 nitrogen and oxygen atoms in total. The molecule has 0 spiro atoms. The molecule has 648 valence electrons. The van der Waals surface area contributed by atoms with E-state index in [4.69, 9.17) is 10.2 Å². The van der Waals surface area contributed by atoms with Crippen molar-refractivity contribution in [1.82, 2.24) is 0 Å². The summed E-state index contributed by atoms with van der Waals surface area (Å²) in [4.78, 5) is 2.36. The quantitative estimate of drug-likeness (QED) is 0.0310. The Hall–Kier alpha value is -4.37. The number of phenolic OH excluding ortho intramolecular Hbond substituents is 4. The fraction of sp³-hybridized carbons (Fsp3) is 0.271. The Morgan fingerprint density at radius 3 is 0.808 bits per heavy atom. The second-order valence-electron chi connectivity index (χ2n) is 33.0. The van der Waals surface area contributed by atoms with Crippen molar-refractivity contribution in [2.45, 2.75) is 147 Å². The summed E-state index contributed by atoms with van der Waals surface area (Å²) in [7, 11) is 0. The summed E-state index contributed by atoms with van der Waals surface area (Å²) in [6.07, 6.45) is 12.7. The van der Waals surface area contributed by atoms with Crippen molar-refractivity contribution >= 4 is 0 Å². The molecular weight excluding hydrogens is 2490 g/mol. The summed E-state index contributed by atoms with van der Waals surface area (Å²) in [5, 5.41) is 37.4. The summed E-state index contributed by atoms with van der Waals surface area (Å²) in [5.41, 5.74) is 4.70. The van der Waals surface area contributed by atoms with Gasteiger partial charge in [0.25, 0.3) is 0 Å². The van der Waals surface area contributed by atoms with Gasteiger partial charge in [-0.2, -0.15) is 0 Å². The Balaban J connectivity index is 0.000000197. The van der Waals surface area contributed by atoms with Crippen LogP contribution in [0.1, 0.15) is 146 Å². The molecule has 0 aliphatic heterocycles. The van der Waals surface area contributed by atoms with Gasteiger partial charge in [0, 0.05) is 0 Å². The third-order valence-corrected chi connectivity index (χ3v) is 41.2. The van der Waals surface area contributed by atoms with E-state index in [9.17, 15) is 10.2 Å². The zero-order chi connectivity index (χ0) is 86.3. The molecule has 0 unspecified atom stereocenters. The van der Waals surface area contributed by atoms with Gasteiger partial charge < -0.3 is 0 Å². The number of hydrogen-bond acceptors (Lipinski definition) is 4. The molecule has 0 heterocycles. The molecule has 120 heavy (non-hydrogen) atoms. The molecule has 0 radical (unpaired) electrons. The Morgan fingerprint density at radius 1 is 0.208 bits per heavy atom. The van der Waals surface area contributed by atoms with E-state index in [1.165, 1.54) is 109 Å². The minimum absolute atomic E-state index is 0.0287. The number of hydrogen-bond donors (Lipinski definition) is 4. The molecule has 4 N–H and O–H groups in total. The topological polar surface area (TPSA) is 80.9 Å². The third kappa shape index (κ3) is 47.8. The van der Waals surface area contributed by atoms with Crippen molar-refractivity contribution < 1.29 is 211 Å². The molecule has 0 atom stereocenters. The Labute approximate surface area is 815 Å². The first-order chi connectivity index (χ1) is 57.6. The van der Waals surface area contributed by atoms with Crippen LogP contribution in [0.25, 0.3) is 0 Å². The number of aryl methyl sites for hydroxylation is 2. The van der Waals surface area contributed by atoms with Gasteiger partial charge in [-0.25, -0.2) is 0 Å². The van der Waals surface area contributed by atoms with E-state index in [0.717, 1.165) is 12.8 Å². The molecular formula is C107H124I9O4-9. The van der Waals surface area contributed by atoms with Crippen molar-refractivity contribution in [3.05, 3.63) is 410 Å². The fourth-order valence-electron chi connectivity index (χ4n) is 11.2. The van der Waals surface area contributed by atoms with Gasteiger partial charge in [0.15, 0.2) is 0 Å². The van der Waals surface area contributed by atoms with Gasteiger partial charge >= 0.3 is 827 Å². The van der Waals surface area contributed by atoms with E-state index in [0.29, 0.717) is 65.9 Å². The van der Waals surface area contributed by atoms with Crippen LogP contribution in [0.3, 0.4) is 0 Å². The Morgan fingerprint density at radius 2 is 0.458 bits per heavy atom. The van der Waals surface area contributed by atoms with E-state index in [2.05, 4.69) is 349 Å². The summed E-state index contributed by atoms with van der Waals surface area (Å²) < 4.78 is 24.8. The van der Waals surface area contributed by atoms with Crippen LogP contribution in [0, 0.1) is 75.2 Å². The van der Waals surface area contributed by atoms with Gasteiger partial charge in [-0.1, -0.05) is 0 Å². The molecule has 13 heteroatoms. The van der Waals surface area contributed by atoms with Crippen LogP contribution < -0.4 is 191 Å². The summed E-state index contributed by atoms with van der Waals surface area (Å²) in [6, 6.07) is 120. The molecule has 13 aromatic rings. The second-order valence-corrected chi connectivity index (χ2v) is 59.8. The second kappa shape index (κ2) is 57.4. The molecule has 0 bridgehead atoms. The SMILES string of the molecule is CC(C)(C)CCC[I-]c1ccccc1.CC(C)(C)CCCc1cc(O)ccc1[I-]c1ccc(O)cc1.CC(C)(C)CCCc1ccccc1[I-]c1cccc([I-]c2ccccc2)c1.C[I-]CCCC(C)(C)C.Oc1ccc([I-]c2ccc(O)cc2)cc1.c1ccc([I-]c2cccc([I-]c3ccccc3)c2)cc1.c1ccc([I-]c2ccccc2)cc1. The van der Waals surface area contributed by atoms with Crippen LogP contribution in [-0.4, -0.2) is 34.2 Å². The zero-order valence-electron chi connectivity index (χ0n) is 72.1. The minimum atomic E-state index is -0.287. The van der Waals surface area contributed by atoms with Crippen LogP contribution in [0.5, 0.6) is 23.0 Å². The Kier molecular flexibility index (Phi) is 49.1. The normalized spacial score (nSPS) is 11.3.